The first-order valence-corrected chi connectivity index (χ1v) is 4.77. The number of hydrogen-bond acceptors (Lipinski definition) is 3. The molecule has 0 saturated heterocycles. The summed E-state index contributed by atoms with van der Waals surface area (Å²) in [6.45, 7) is 4.01. The van der Waals surface area contributed by atoms with Crippen molar-refractivity contribution in [1.29, 1.82) is 0 Å². The van der Waals surface area contributed by atoms with Crippen LogP contribution in [0.1, 0.15) is 19.0 Å². The Hall–Kier alpha value is -1.36. The minimum absolute atomic E-state index is 0.0876. The molecule has 0 radical (unpaired) electrons. The number of hydrogen-bond donors (Lipinski definition) is 3. The lowest BCUT2D eigenvalue weighted by Gasteiger charge is -2.03. The Morgan fingerprint density at radius 2 is 2.50 bits per heavy atom. The van der Waals surface area contributed by atoms with Gasteiger partial charge in [0.25, 0.3) is 0 Å². The first kappa shape index (κ1) is 10.7. The number of carbonyl (C=O) groups excluding carboxylic acids is 1. The molecule has 5 heteroatoms. The summed E-state index contributed by atoms with van der Waals surface area (Å²) in [6.07, 6.45) is 3.92. The molecule has 0 atom stereocenters. The van der Waals surface area contributed by atoms with Gasteiger partial charge in [-0.25, -0.2) is 4.98 Å². The third kappa shape index (κ3) is 4.04. The summed E-state index contributed by atoms with van der Waals surface area (Å²) in [5.41, 5.74) is 1.03. The van der Waals surface area contributed by atoms with Gasteiger partial charge in [-0.15, -0.1) is 0 Å². The molecule has 5 nitrogen and oxygen atoms in total. The van der Waals surface area contributed by atoms with E-state index in [0.29, 0.717) is 19.5 Å². The van der Waals surface area contributed by atoms with E-state index in [9.17, 15) is 4.79 Å². The van der Waals surface area contributed by atoms with E-state index < -0.39 is 0 Å². The second-order valence-corrected chi connectivity index (χ2v) is 2.96. The van der Waals surface area contributed by atoms with Crippen molar-refractivity contribution in [2.45, 2.75) is 19.9 Å². The molecule has 3 N–H and O–H groups in total. The minimum Gasteiger partial charge on any atom is -0.356 e. The van der Waals surface area contributed by atoms with E-state index in [2.05, 4.69) is 20.6 Å². The normalized spacial score (nSPS) is 10.1. The van der Waals surface area contributed by atoms with Crippen LogP contribution in [0.25, 0.3) is 0 Å². The molecule has 1 aromatic heterocycles. The summed E-state index contributed by atoms with van der Waals surface area (Å²) >= 11 is 0. The average molecular weight is 196 g/mol. The SMILES string of the molecule is CCNC(=O)CCNCc1cnc[nH]1. The quantitative estimate of drug-likeness (QED) is 0.562. The lowest BCUT2D eigenvalue weighted by Crippen LogP contribution is -2.27. The fourth-order valence-corrected chi connectivity index (χ4v) is 1.09. The van der Waals surface area contributed by atoms with Crippen LogP contribution in [-0.4, -0.2) is 29.0 Å². The van der Waals surface area contributed by atoms with Crippen molar-refractivity contribution in [2.24, 2.45) is 0 Å². The number of imidazole rings is 1. The second kappa shape index (κ2) is 6.15. The van der Waals surface area contributed by atoms with Crippen molar-refractivity contribution in [3.8, 4) is 0 Å². The Balaban J connectivity index is 2.02. The molecular weight excluding hydrogens is 180 g/mol. The van der Waals surface area contributed by atoms with Gasteiger partial charge < -0.3 is 15.6 Å². The van der Waals surface area contributed by atoms with Crippen molar-refractivity contribution in [3.05, 3.63) is 18.2 Å². The van der Waals surface area contributed by atoms with Gasteiger partial charge in [0.2, 0.25) is 5.91 Å². The van der Waals surface area contributed by atoms with Gasteiger partial charge in [-0.3, -0.25) is 4.79 Å². The summed E-state index contributed by atoms with van der Waals surface area (Å²) < 4.78 is 0. The predicted octanol–water partition coefficient (Wildman–Crippen LogP) is 0.0255. The standard InChI is InChI=1S/C9H16N4O/c1-2-12-9(14)3-4-10-5-8-6-11-7-13-8/h6-7,10H,2-5H2,1H3,(H,11,13)(H,12,14). The monoisotopic (exact) mass is 196 g/mol. The zero-order valence-electron chi connectivity index (χ0n) is 8.34. The first-order chi connectivity index (χ1) is 6.83. The topological polar surface area (TPSA) is 69.8 Å². The van der Waals surface area contributed by atoms with E-state index >= 15 is 0 Å². The van der Waals surface area contributed by atoms with Crippen molar-refractivity contribution in [3.63, 3.8) is 0 Å². The zero-order valence-corrected chi connectivity index (χ0v) is 8.34. The third-order valence-corrected chi connectivity index (χ3v) is 1.77. The van der Waals surface area contributed by atoms with E-state index in [0.717, 1.165) is 12.2 Å². The van der Waals surface area contributed by atoms with Gasteiger partial charge in [0.1, 0.15) is 0 Å². The summed E-state index contributed by atoms with van der Waals surface area (Å²) in [5, 5.41) is 5.89. The third-order valence-electron chi connectivity index (χ3n) is 1.77. The number of amides is 1. The Morgan fingerprint density at radius 3 is 3.14 bits per heavy atom. The molecule has 1 aromatic rings. The summed E-state index contributed by atoms with van der Waals surface area (Å²) in [4.78, 5) is 17.9. The lowest BCUT2D eigenvalue weighted by atomic mass is 10.4. The van der Waals surface area contributed by atoms with Gasteiger partial charge in [-0.05, 0) is 6.92 Å². The molecule has 1 rings (SSSR count). The number of H-pyrrole nitrogens is 1. The van der Waals surface area contributed by atoms with Crippen molar-refractivity contribution >= 4 is 5.91 Å². The Bertz CT molecular complexity index is 258. The van der Waals surface area contributed by atoms with E-state index in [1.807, 2.05) is 6.92 Å². The molecule has 0 saturated carbocycles. The van der Waals surface area contributed by atoms with Gasteiger partial charge >= 0.3 is 0 Å². The maximum absolute atomic E-state index is 11.0. The highest BCUT2D eigenvalue weighted by atomic mass is 16.1. The first-order valence-electron chi connectivity index (χ1n) is 4.77. The molecule has 0 spiro atoms. The fraction of sp³-hybridized carbons (Fsp3) is 0.556. The van der Waals surface area contributed by atoms with Gasteiger partial charge in [0.15, 0.2) is 0 Å². The molecule has 0 aliphatic rings. The van der Waals surface area contributed by atoms with Crippen LogP contribution in [0, 0.1) is 0 Å². The molecule has 0 aliphatic carbocycles. The van der Waals surface area contributed by atoms with Gasteiger partial charge in [-0.2, -0.15) is 0 Å². The predicted molar refractivity (Wildman–Crippen MR) is 53.6 cm³/mol. The second-order valence-electron chi connectivity index (χ2n) is 2.96. The van der Waals surface area contributed by atoms with Crippen LogP contribution >= 0.6 is 0 Å². The minimum atomic E-state index is 0.0876. The molecule has 0 aliphatic heterocycles. The highest BCUT2D eigenvalue weighted by Gasteiger charge is 1.98. The summed E-state index contributed by atoms with van der Waals surface area (Å²) in [5.74, 6) is 0.0876. The Labute approximate surface area is 83.3 Å². The molecule has 0 aromatic carbocycles. The van der Waals surface area contributed by atoms with Crippen LogP contribution in [0.2, 0.25) is 0 Å². The molecule has 1 amide bonds. The number of rotatable bonds is 6. The smallest absolute Gasteiger partial charge is 0.221 e. The molecular formula is C9H16N4O. The molecule has 0 fully saturated rings. The van der Waals surface area contributed by atoms with Gasteiger partial charge in [0.05, 0.1) is 6.33 Å². The van der Waals surface area contributed by atoms with E-state index in [4.69, 9.17) is 0 Å². The number of nitrogens with zero attached hydrogens (tertiary/aromatic N) is 1. The summed E-state index contributed by atoms with van der Waals surface area (Å²) in [6, 6.07) is 0. The van der Waals surface area contributed by atoms with Crippen molar-refractivity contribution < 1.29 is 4.79 Å². The largest absolute Gasteiger partial charge is 0.356 e. The Kier molecular flexibility index (Phi) is 4.71. The maximum Gasteiger partial charge on any atom is 0.221 e. The van der Waals surface area contributed by atoms with Crippen LogP contribution in [0.5, 0.6) is 0 Å². The molecule has 0 bridgehead atoms. The number of carbonyl (C=O) groups is 1. The average Bonchev–Trinajstić information content (AvgIpc) is 2.65. The lowest BCUT2D eigenvalue weighted by molar-refractivity contribution is -0.120. The molecule has 14 heavy (non-hydrogen) atoms. The van der Waals surface area contributed by atoms with Crippen LogP contribution < -0.4 is 10.6 Å². The van der Waals surface area contributed by atoms with E-state index in [-0.39, 0.29) is 5.91 Å². The molecule has 0 unspecified atom stereocenters. The molecule has 78 valence electrons. The van der Waals surface area contributed by atoms with Crippen molar-refractivity contribution in [1.82, 2.24) is 20.6 Å². The van der Waals surface area contributed by atoms with Gasteiger partial charge in [-0.1, -0.05) is 0 Å². The van der Waals surface area contributed by atoms with Gasteiger partial charge in [0, 0.05) is 37.9 Å². The Morgan fingerprint density at radius 1 is 1.64 bits per heavy atom. The molecule has 1 heterocycles. The van der Waals surface area contributed by atoms with Crippen molar-refractivity contribution in [2.75, 3.05) is 13.1 Å². The van der Waals surface area contributed by atoms with E-state index in [1.165, 1.54) is 0 Å². The van der Waals surface area contributed by atoms with Crippen LogP contribution in [0.3, 0.4) is 0 Å². The van der Waals surface area contributed by atoms with Crippen LogP contribution in [0.4, 0.5) is 0 Å². The highest BCUT2D eigenvalue weighted by molar-refractivity contribution is 5.75. The number of nitrogens with one attached hydrogen (secondary N) is 3. The van der Waals surface area contributed by atoms with Crippen LogP contribution in [-0.2, 0) is 11.3 Å². The van der Waals surface area contributed by atoms with Crippen LogP contribution in [0.15, 0.2) is 12.5 Å². The highest BCUT2D eigenvalue weighted by Crippen LogP contribution is 1.88. The van der Waals surface area contributed by atoms with E-state index in [1.54, 1.807) is 12.5 Å². The zero-order chi connectivity index (χ0) is 10.2. The summed E-state index contributed by atoms with van der Waals surface area (Å²) in [7, 11) is 0. The number of aromatic nitrogens is 2. The number of aromatic amines is 1. The maximum atomic E-state index is 11.0. The fourth-order valence-electron chi connectivity index (χ4n) is 1.09.